The van der Waals surface area contributed by atoms with Crippen LogP contribution in [-0.4, -0.2) is 34.7 Å². The van der Waals surface area contributed by atoms with Crippen molar-refractivity contribution in [2.24, 2.45) is 0 Å². The Morgan fingerprint density at radius 2 is 2.00 bits per heavy atom. The lowest BCUT2D eigenvalue weighted by Crippen LogP contribution is -2.44. The molecule has 0 amide bonds. The van der Waals surface area contributed by atoms with Gasteiger partial charge in [-0.15, -0.1) is 0 Å². The van der Waals surface area contributed by atoms with Gasteiger partial charge in [0.15, 0.2) is 0 Å². The Bertz CT molecular complexity index is 147. The molecular formula is C9H16INO. The summed E-state index contributed by atoms with van der Waals surface area (Å²) in [6.45, 7) is 3.24. The molecule has 1 saturated heterocycles. The fourth-order valence-corrected chi connectivity index (χ4v) is 2.99. The molecule has 0 aromatic carbocycles. The van der Waals surface area contributed by atoms with Crippen LogP contribution in [0.15, 0.2) is 0 Å². The Labute approximate surface area is 87.8 Å². The lowest BCUT2D eigenvalue weighted by atomic mass is 10.2. The van der Waals surface area contributed by atoms with E-state index in [1.807, 2.05) is 0 Å². The first-order chi connectivity index (χ1) is 5.86. The summed E-state index contributed by atoms with van der Waals surface area (Å²) in [6.07, 6.45) is 5.72. The molecule has 0 spiro atoms. The molecule has 2 fully saturated rings. The number of hydrogen-bond acceptors (Lipinski definition) is 2. The van der Waals surface area contributed by atoms with Gasteiger partial charge in [0.1, 0.15) is 4.11 Å². The van der Waals surface area contributed by atoms with Crippen LogP contribution in [-0.2, 0) is 4.74 Å². The summed E-state index contributed by atoms with van der Waals surface area (Å²) >= 11 is 2.39. The van der Waals surface area contributed by atoms with Crippen LogP contribution in [0.5, 0.6) is 0 Å². The van der Waals surface area contributed by atoms with E-state index in [0.717, 1.165) is 25.7 Å². The highest BCUT2D eigenvalue weighted by molar-refractivity contribution is 14.1. The molecule has 2 aliphatic rings. The number of rotatable bonds is 1. The van der Waals surface area contributed by atoms with Crippen LogP contribution < -0.4 is 0 Å². The highest BCUT2D eigenvalue weighted by Gasteiger charge is 2.26. The Morgan fingerprint density at radius 1 is 1.25 bits per heavy atom. The highest BCUT2D eigenvalue weighted by atomic mass is 127. The topological polar surface area (TPSA) is 12.5 Å². The van der Waals surface area contributed by atoms with E-state index in [1.54, 1.807) is 0 Å². The van der Waals surface area contributed by atoms with Crippen LogP contribution in [0.2, 0.25) is 0 Å². The quantitative estimate of drug-likeness (QED) is 0.538. The third-order valence-electron chi connectivity index (χ3n) is 2.90. The molecular weight excluding hydrogens is 265 g/mol. The summed E-state index contributed by atoms with van der Waals surface area (Å²) < 4.78 is 5.94. The molecule has 0 aromatic heterocycles. The molecule has 0 bridgehead atoms. The first kappa shape index (κ1) is 9.21. The van der Waals surface area contributed by atoms with Crippen molar-refractivity contribution >= 4 is 22.6 Å². The molecule has 2 rings (SSSR count). The fraction of sp³-hybridized carbons (Fsp3) is 1.00. The summed E-state index contributed by atoms with van der Waals surface area (Å²) in [7, 11) is 0. The second-order valence-corrected chi connectivity index (χ2v) is 5.10. The van der Waals surface area contributed by atoms with Crippen LogP contribution in [0.25, 0.3) is 0 Å². The smallest absolute Gasteiger partial charge is 0.121 e. The number of halogens is 1. The molecule has 0 radical (unpaired) electrons. The van der Waals surface area contributed by atoms with Crippen molar-refractivity contribution in [2.75, 3.05) is 19.7 Å². The molecule has 0 N–H and O–H groups in total. The number of ether oxygens (including phenoxy) is 1. The summed E-state index contributed by atoms with van der Waals surface area (Å²) in [5.74, 6) is 0. The molecule has 1 aliphatic heterocycles. The van der Waals surface area contributed by atoms with Gasteiger partial charge in [-0.2, -0.15) is 0 Å². The molecule has 1 saturated carbocycles. The van der Waals surface area contributed by atoms with Gasteiger partial charge in [0.2, 0.25) is 0 Å². The van der Waals surface area contributed by atoms with E-state index in [4.69, 9.17) is 4.74 Å². The number of nitrogens with zero attached hydrogens (tertiary/aromatic N) is 1. The van der Waals surface area contributed by atoms with E-state index in [2.05, 4.69) is 27.5 Å². The number of morpholine rings is 1. The van der Waals surface area contributed by atoms with Crippen molar-refractivity contribution in [3.05, 3.63) is 0 Å². The SMILES string of the molecule is IC1CN(C2CCCC2)CCO1. The van der Waals surface area contributed by atoms with Gasteiger partial charge >= 0.3 is 0 Å². The van der Waals surface area contributed by atoms with Crippen LogP contribution in [0.3, 0.4) is 0 Å². The summed E-state index contributed by atoms with van der Waals surface area (Å²) in [4.78, 5) is 2.62. The lowest BCUT2D eigenvalue weighted by Gasteiger charge is -2.34. The summed E-state index contributed by atoms with van der Waals surface area (Å²) in [6, 6.07) is 0.881. The molecule has 70 valence electrons. The average Bonchev–Trinajstić information content (AvgIpc) is 2.56. The lowest BCUT2D eigenvalue weighted by molar-refractivity contribution is 0.00801. The van der Waals surface area contributed by atoms with Gasteiger partial charge in [-0.3, -0.25) is 4.90 Å². The standard InChI is InChI=1S/C9H16INO/c10-9-7-11(5-6-12-9)8-3-1-2-4-8/h8-9H,1-7H2. The summed E-state index contributed by atoms with van der Waals surface area (Å²) in [5, 5.41) is 0. The second kappa shape index (κ2) is 4.24. The molecule has 1 heterocycles. The van der Waals surface area contributed by atoms with Gasteiger partial charge in [0.25, 0.3) is 0 Å². The van der Waals surface area contributed by atoms with Crippen molar-refractivity contribution in [3.63, 3.8) is 0 Å². The second-order valence-electron chi connectivity index (χ2n) is 3.71. The third kappa shape index (κ3) is 2.12. The van der Waals surface area contributed by atoms with Crippen molar-refractivity contribution in [1.82, 2.24) is 4.90 Å². The minimum Gasteiger partial charge on any atom is -0.365 e. The monoisotopic (exact) mass is 281 g/mol. The Balaban J connectivity index is 1.85. The van der Waals surface area contributed by atoms with Gasteiger partial charge in [-0.1, -0.05) is 12.8 Å². The van der Waals surface area contributed by atoms with E-state index in [1.165, 1.54) is 25.7 Å². The highest BCUT2D eigenvalue weighted by Crippen LogP contribution is 2.25. The van der Waals surface area contributed by atoms with Crippen LogP contribution in [0, 0.1) is 0 Å². The van der Waals surface area contributed by atoms with Gasteiger partial charge in [0.05, 0.1) is 6.61 Å². The largest absolute Gasteiger partial charge is 0.365 e. The Hall–Kier alpha value is 0.650. The van der Waals surface area contributed by atoms with E-state index in [0.29, 0.717) is 4.11 Å². The molecule has 3 heteroatoms. The van der Waals surface area contributed by atoms with E-state index in [-0.39, 0.29) is 0 Å². The Kier molecular flexibility index (Phi) is 3.26. The minimum absolute atomic E-state index is 0.428. The molecule has 1 unspecified atom stereocenters. The fourth-order valence-electron chi connectivity index (χ4n) is 2.23. The van der Waals surface area contributed by atoms with Crippen molar-refractivity contribution in [3.8, 4) is 0 Å². The number of hydrogen-bond donors (Lipinski definition) is 0. The average molecular weight is 281 g/mol. The summed E-state index contributed by atoms with van der Waals surface area (Å²) in [5.41, 5.74) is 0. The van der Waals surface area contributed by atoms with Gasteiger partial charge in [0, 0.05) is 19.1 Å². The molecule has 12 heavy (non-hydrogen) atoms. The van der Waals surface area contributed by atoms with Crippen LogP contribution in [0.4, 0.5) is 0 Å². The van der Waals surface area contributed by atoms with Crippen molar-refractivity contribution in [1.29, 1.82) is 0 Å². The van der Waals surface area contributed by atoms with E-state index >= 15 is 0 Å². The zero-order valence-electron chi connectivity index (χ0n) is 7.34. The van der Waals surface area contributed by atoms with Gasteiger partial charge in [-0.25, -0.2) is 0 Å². The normalized spacial score (nSPS) is 34.2. The van der Waals surface area contributed by atoms with Crippen LogP contribution in [0.1, 0.15) is 25.7 Å². The van der Waals surface area contributed by atoms with E-state index < -0.39 is 0 Å². The Morgan fingerprint density at radius 3 is 2.67 bits per heavy atom. The van der Waals surface area contributed by atoms with Crippen molar-refractivity contribution < 1.29 is 4.74 Å². The third-order valence-corrected chi connectivity index (χ3v) is 3.65. The predicted molar refractivity (Wildman–Crippen MR) is 57.6 cm³/mol. The minimum atomic E-state index is 0.428. The van der Waals surface area contributed by atoms with Crippen molar-refractivity contribution in [2.45, 2.75) is 35.8 Å². The molecule has 2 nitrogen and oxygen atoms in total. The zero-order valence-corrected chi connectivity index (χ0v) is 9.50. The van der Waals surface area contributed by atoms with Gasteiger partial charge in [-0.05, 0) is 35.4 Å². The predicted octanol–water partition coefficient (Wildman–Crippen LogP) is 2.02. The first-order valence-electron chi connectivity index (χ1n) is 4.86. The van der Waals surface area contributed by atoms with Crippen LogP contribution >= 0.6 is 22.6 Å². The maximum Gasteiger partial charge on any atom is 0.121 e. The molecule has 0 aromatic rings. The maximum atomic E-state index is 5.51. The molecule has 1 atom stereocenters. The van der Waals surface area contributed by atoms with E-state index in [9.17, 15) is 0 Å². The first-order valence-corrected chi connectivity index (χ1v) is 6.10. The number of alkyl halides is 1. The zero-order chi connectivity index (χ0) is 8.39. The van der Waals surface area contributed by atoms with Gasteiger partial charge < -0.3 is 4.74 Å². The maximum absolute atomic E-state index is 5.51. The molecule has 1 aliphatic carbocycles.